The molecule has 5 rings (SSSR count). The highest BCUT2D eigenvalue weighted by atomic mass is 32.1. The van der Waals surface area contributed by atoms with Gasteiger partial charge in [0.05, 0.1) is 34.2 Å². The van der Waals surface area contributed by atoms with Gasteiger partial charge in [0.15, 0.2) is 0 Å². The van der Waals surface area contributed by atoms with Crippen LogP contribution in [0.4, 0.5) is 0 Å². The molecule has 3 aromatic rings. The molecular formula is C22H18N2O6S. The second-order valence-corrected chi connectivity index (χ2v) is 8.26. The van der Waals surface area contributed by atoms with Gasteiger partial charge in [-0.05, 0) is 42.5 Å². The second-order valence-electron chi connectivity index (χ2n) is 7.31. The number of carbonyl (C=O) groups is 3. The lowest BCUT2D eigenvalue weighted by Crippen LogP contribution is -2.36. The van der Waals surface area contributed by atoms with E-state index in [-0.39, 0.29) is 41.9 Å². The van der Waals surface area contributed by atoms with Crippen LogP contribution in [0, 0.1) is 0 Å². The van der Waals surface area contributed by atoms with Gasteiger partial charge in [-0.25, -0.2) is 9.78 Å². The van der Waals surface area contributed by atoms with Gasteiger partial charge in [-0.15, -0.1) is 11.3 Å². The maximum absolute atomic E-state index is 12.7. The van der Waals surface area contributed by atoms with Crippen LogP contribution >= 0.6 is 11.3 Å². The third-order valence-electron chi connectivity index (χ3n) is 5.25. The Hall–Kier alpha value is -3.30. The number of imide groups is 1. The van der Waals surface area contributed by atoms with Crippen molar-refractivity contribution in [3.05, 3.63) is 64.4 Å². The van der Waals surface area contributed by atoms with Crippen molar-refractivity contribution in [1.29, 1.82) is 0 Å². The fourth-order valence-electron chi connectivity index (χ4n) is 3.68. The monoisotopic (exact) mass is 438 g/mol. The van der Waals surface area contributed by atoms with Crippen LogP contribution in [0.15, 0.2) is 46.4 Å². The van der Waals surface area contributed by atoms with Gasteiger partial charge in [0.25, 0.3) is 11.8 Å². The molecule has 1 atom stereocenters. The number of ether oxygens (including phenoxy) is 2. The molecule has 2 aliphatic heterocycles. The first-order valence-corrected chi connectivity index (χ1v) is 10.8. The molecule has 158 valence electrons. The number of oxazole rings is 1. The Kier molecular flexibility index (Phi) is 5.13. The Balaban J connectivity index is 1.26. The lowest BCUT2D eigenvalue weighted by Gasteiger charge is -2.17. The van der Waals surface area contributed by atoms with Gasteiger partial charge in [0, 0.05) is 6.61 Å². The van der Waals surface area contributed by atoms with Crippen LogP contribution in [0.3, 0.4) is 0 Å². The number of fused-ring (bicyclic) bond motifs is 1. The summed E-state index contributed by atoms with van der Waals surface area (Å²) in [7, 11) is 0. The highest BCUT2D eigenvalue weighted by molar-refractivity contribution is 7.13. The highest BCUT2D eigenvalue weighted by Gasteiger charge is 2.38. The summed E-state index contributed by atoms with van der Waals surface area (Å²) in [6.45, 7) is 0.803. The number of nitrogens with zero attached hydrogens (tertiary/aromatic N) is 2. The van der Waals surface area contributed by atoms with Gasteiger partial charge in [-0.1, -0.05) is 6.07 Å². The van der Waals surface area contributed by atoms with E-state index in [9.17, 15) is 14.4 Å². The number of hydrogen-bond donors (Lipinski definition) is 0. The maximum Gasteiger partial charge on any atom is 0.338 e. The van der Waals surface area contributed by atoms with E-state index in [1.165, 1.54) is 40.7 Å². The van der Waals surface area contributed by atoms with E-state index in [2.05, 4.69) is 4.98 Å². The lowest BCUT2D eigenvalue weighted by molar-refractivity contribution is 0.0465. The van der Waals surface area contributed by atoms with E-state index < -0.39 is 11.9 Å². The van der Waals surface area contributed by atoms with Crippen LogP contribution in [0.5, 0.6) is 0 Å². The third kappa shape index (κ3) is 3.77. The zero-order valence-corrected chi connectivity index (χ0v) is 17.2. The van der Waals surface area contributed by atoms with Crippen molar-refractivity contribution in [1.82, 2.24) is 9.88 Å². The zero-order valence-electron chi connectivity index (χ0n) is 16.4. The fraction of sp³-hybridized carbons (Fsp3) is 0.273. The summed E-state index contributed by atoms with van der Waals surface area (Å²) in [5.41, 5.74) is 1.17. The van der Waals surface area contributed by atoms with Gasteiger partial charge in [0.1, 0.15) is 18.6 Å². The molecule has 0 aliphatic carbocycles. The average molecular weight is 438 g/mol. The van der Waals surface area contributed by atoms with Gasteiger partial charge >= 0.3 is 5.97 Å². The zero-order chi connectivity index (χ0) is 21.4. The number of carbonyl (C=O) groups excluding carboxylic acids is 3. The summed E-state index contributed by atoms with van der Waals surface area (Å²) >= 11 is 1.50. The number of amides is 2. The van der Waals surface area contributed by atoms with Crippen LogP contribution in [-0.4, -0.2) is 46.9 Å². The summed E-state index contributed by atoms with van der Waals surface area (Å²) in [6.07, 6.45) is 3.05. The molecule has 1 fully saturated rings. The average Bonchev–Trinajstić information content (AvgIpc) is 3.58. The quantitative estimate of drug-likeness (QED) is 0.429. The minimum absolute atomic E-state index is 0.0667. The molecular weight excluding hydrogens is 420 g/mol. The molecule has 0 unspecified atom stereocenters. The Morgan fingerprint density at radius 3 is 2.87 bits per heavy atom. The van der Waals surface area contributed by atoms with E-state index in [0.29, 0.717) is 18.2 Å². The smallest absolute Gasteiger partial charge is 0.338 e. The van der Waals surface area contributed by atoms with Crippen molar-refractivity contribution in [2.24, 2.45) is 0 Å². The summed E-state index contributed by atoms with van der Waals surface area (Å²) in [6, 6.07) is 8.17. The number of benzene rings is 1. The molecule has 0 saturated carbocycles. The van der Waals surface area contributed by atoms with Crippen molar-refractivity contribution in [3.63, 3.8) is 0 Å². The molecule has 9 heteroatoms. The van der Waals surface area contributed by atoms with Gasteiger partial charge in [-0.2, -0.15) is 0 Å². The summed E-state index contributed by atoms with van der Waals surface area (Å²) in [4.78, 5) is 44.2. The normalized spacial score (nSPS) is 17.9. The summed E-state index contributed by atoms with van der Waals surface area (Å²) in [5, 5.41) is 1.92. The van der Waals surface area contributed by atoms with Crippen LogP contribution in [0.1, 0.15) is 49.6 Å². The topological polar surface area (TPSA) is 98.9 Å². The van der Waals surface area contributed by atoms with Crippen LogP contribution in [0.2, 0.25) is 0 Å². The van der Waals surface area contributed by atoms with Crippen molar-refractivity contribution in [3.8, 4) is 10.8 Å². The van der Waals surface area contributed by atoms with Crippen LogP contribution in [0.25, 0.3) is 10.8 Å². The molecule has 1 aromatic carbocycles. The fourth-order valence-corrected chi connectivity index (χ4v) is 4.34. The first kappa shape index (κ1) is 19.7. The van der Waals surface area contributed by atoms with Crippen molar-refractivity contribution < 1.29 is 28.3 Å². The summed E-state index contributed by atoms with van der Waals surface area (Å²) in [5.74, 6) is -0.920. The van der Waals surface area contributed by atoms with E-state index in [4.69, 9.17) is 13.9 Å². The van der Waals surface area contributed by atoms with Crippen molar-refractivity contribution >= 4 is 29.1 Å². The molecule has 31 heavy (non-hydrogen) atoms. The molecule has 0 spiro atoms. The van der Waals surface area contributed by atoms with E-state index in [1.54, 1.807) is 0 Å². The Bertz CT molecular complexity index is 1150. The number of rotatable bonds is 6. The highest BCUT2D eigenvalue weighted by Crippen LogP contribution is 2.27. The number of thiophene rings is 1. The molecule has 8 nitrogen and oxygen atoms in total. The number of aromatic nitrogens is 1. The Labute approximate surface area is 181 Å². The molecule has 4 heterocycles. The van der Waals surface area contributed by atoms with Crippen LogP contribution in [-0.2, 0) is 16.1 Å². The molecule has 0 bridgehead atoms. The minimum Gasteiger partial charge on any atom is -0.455 e. The molecule has 2 aliphatic rings. The predicted molar refractivity (Wildman–Crippen MR) is 110 cm³/mol. The Morgan fingerprint density at radius 2 is 2.10 bits per heavy atom. The third-order valence-corrected chi connectivity index (χ3v) is 6.11. The molecule has 1 saturated heterocycles. The Morgan fingerprint density at radius 1 is 1.23 bits per heavy atom. The largest absolute Gasteiger partial charge is 0.455 e. The summed E-state index contributed by atoms with van der Waals surface area (Å²) < 4.78 is 16.3. The van der Waals surface area contributed by atoms with Gasteiger partial charge in [0.2, 0.25) is 5.89 Å². The van der Waals surface area contributed by atoms with Crippen molar-refractivity contribution in [2.45, 2.75) is 25.6 Å². The van der Waals surface area contributed by atoms with Crippen LogP contribution < -0.4 is 0 Å². The van der Waals surface area contributed by atoms with E-state index in [1.807, 2.05) is 17.5 Å². The predicted octanol–water partition coefficient (Wildman–Crippen LogP) is 3.54. The second kappa shape index (κ2) is 8.09. The number of esters is 1. The van der Waals surface area contributed by atoms with Gasteiger partial charge < -0.3 is 13.9 Å². The maximum atomic E-state index is 12.7. The molecule has 0 N–H and O–H groups in total. The van der Waals surface area contributed by atoms with Gasteiger partial charge in [-0.3, -0.25) is 14.5 Å². The minimum atomic E-state index is -0.610. The SMILES string of the molecule is O=C(OCc1coc(-c2cccs2)n1)c1ccc2c(c1)C(=O)N(C[C@@H]1CCCO1)C2=O. The lowest BCUT2D eigenvalue weighted by atomic mass is 10.1. The first-order chi connectivity index (χ1) is 15.1. The number of hydrogen-bond acceptors (Lipinski definition) is 8. The molecule has 0 radical (unpaired) electrons. The van der Waals surface area contributed by atoms with E-state index >= 15 is 0 Å². The first-order valence-electron chi connectivity index (χ1n) is 9.87. The standard InChI is InChI=1S/C22H18N2O6S/c25-20-16-6-5-13(9-17(16)21(26)24(20)10-15-3-1-7-28-15)22(27)30-12-14-11-29-19(23-14)18-4-2-8-31-18/h2,4-6,8-9,11,15H,1,3,7,10,12H2/t15-/m0/s1. The molecule has 2 aromatic heterocycles. The van der Waals surface area contributed by atoms with E-state index in [0.717, 1.165) is 17.7 Å². The van der Waals surface area contributed by atoms with Crippen molar-refractivity contribution in [2.75, 3.05) is 13.2 Å². The molecule has 2 amide bonds.